The van der Waals surface area contributed by atoms with E-state index >= 15 is 0 Å². The van der Waals surface area contributed by atoms with E-state index in [4.69, 9.17) is 4.74 Å². The summed E-state index contributed by atoms with van der Waals surface area (Å²) in [7, 11) is 0. The van der Waals surface area contributed by atoms with E-state index in [1.54, 1.807) is 0 Å². The summed E-state index contributed by atoms with van der Waals surface area (Å²) in [4.78, 5) is 11.7. The molecule has 1 unspecified atom stereocenters. The molecule has 1 aromatic carbocycles. The van der Waals surface area contributed by atoms with Gasteiger partial charge in [0.15, 0.2) is 0 Å². The zero-order chi connectivity index (χ0) is 16.0. The van der Waals surface area contributed by atoms with Crippen molar-refractivity contribution in [3.05, 3.63) is 29.8 Å². The van der Waals surface area contributed by atoms with Gasteiger partial charge in [-0.15, -0.1) is 0 Å². The van der Waals surface area contributed by atoms with Crippen LogP contribution in [0.2, 0.25) is 0 Å². The van der Waals surface area contributed by atoms with Crippen LogP contribution in [0.3, 0.4) is 0 Å². The van der Waals surface area contributed by atoms with Crippen molar-refractivity contribution in [2.24, 2.45) is 5.92 Å². The summed E-state index contributed by atoms with van der Waals surface area (Å²) in [6.45, 7) is 13.0. The van der Waals surface area contributed by atoms with E-state index < -0.39 is 11.7 Å². The summed E-state index contributed by atoms with van der Waals surface area (Å²) in [6.07, 6.45) is -0.429. The van der Waals surface area contributed by atoms with Gasteiger partial charge in [-0.1, -0.05) is 26.0 Å². The standard InChI is InChI=1S/C17H28N2O2/c1-12(2)11-18-13(3)14-7-9-15(10-8-14)19-16(20)21-17(4,5)6/h7-10,12-13,18H,11H2,1-6H3,(H,19,20). The highest BCUT2D eigenvalue weighted by molar-refractivity contribution is 5.84. The van der Waals surface area contributed by atoms with Crippen molar-refractivity contribution in [3.8, 4) is 0 Å². The molecule has 4 nitrogen and oxygen atoms in total. The number of nitrogens with one attached hydrogen (secondary N) is 2. The van der Waals surface area contributed by atoms with Crippen LogP contribution in [0.1, 0.15) is 53.1 Å². The maximum atomic E-state index is 11.7. The third-order valence-electron chi connectivity index (χ3n) is 2.89. The molecule has 1 aromatic rings. The number of carbonyl (C=O) groups excluding carboxylic acids is 1. The van der Waals surface area contributed by atoms with E-state index in [0.29, 0.717) is 12.0 Å². The predicted octanol–water partition coefficient (Wildman–Crippen LogP) is 4.34. The second-order valence-electron chi connectivity index (χ2n) is 6.77. The Morgan fingerprint density at radius 2 is 1.71 bits per heavy atom. The molecule has 21 heavy (non-hydrogen) atoms. The van der Waals surface area contributed by atoms with E-state index in [-0.39, 0.29) is 0 Å². The van der Waals surface area contributed by atoms with Gasteiger partial charge in [0, 0.05) is 11.7 Å². The first-order chi connectivity index (χ1) is 9.67. The second-order valence-corrected chi connectivity index (χ2v) is 6.77. The van der Waals surface area contributed by atoms with Gasteiger partial charge in [0.05, 0.1) is 0 Å². The first-order valence-electron chi connectivity index (χ1n) is 7.50. The summed E-state index contributed by atoms with van der Waals surface area (Å²) in [6, 6.07) is 8.12. The summed E-state index contributed by atoms with van der Waals surface area (Å²) >= 11 is 0. The Balaban J connectivity index is 2.55. The van der Waals surface area contributed by atoms with Crippen LogP contribution in [0.25, 0.3) is 0 Å². The first-order valence-corrected chi connectivity index (χ1v) is 7.50. The van der Waals surface area contributed by atoms with Crippen molar-refractivity contribution in [2.45, 2.75) is 53.2 Å². The van der Waals surface area contributed by atoms with Crippen LogP contribution in [0, 0.1) is 5.92 Å². The van der Waals surface area contributed by atoms with Gasteiger partial charge in [-0.2, -0.15) is 0 Å². The van der Waals surface area contributed by atoms with Crippen molar-refractivity contribution in [1.82, 2.24) is 5.32 Å². The highest BCUT2D eigenvalue weighted by Gasteiger charge is 2.16. The molecule has 0 fully saturated rings. The number of hydrogen-bond donors (Lipinski definition) is 2. The summed E-state index contributed by atoms with van der Waals surface area (Å²) in [5, 5.41) is 6.21. The minimum Gasteiger partial charge on any atom is -0.444 e. The topological polar surface area (TPSA) is 50.4 Å². The molecule has 2 N–H and O–H groups in total. The molecule has 1 rings (SSSR count). The van der Waals surface area contributed by atoms with Crippen molar-refractivity contribution in [3.63, 3.8) is 0 Å². The predicted molar refractivity (Wildman–Crippen MR) is 87.6 cm³/mol. The SMILES string of the molecule is CC(C)CNC(C)c1ccc(NC(=O)OC(C)(C)C)cc1. The molecule has 0 aliphatic heterocycles. The van der Waals surface area contributed by atoms with Crippen LogP contribution in [-0.2, 0) is 4.74 Å². The average Bonchev–Trinajstić information content (AvgIpc) is 2.34. The van der Waals surface area contributed by atoms with Crippen molar-refractivity contribution in [2.75, 3.05) is 11.9 Å². The molecule has 0 bridgehead atoms. The second kappa shape index (κ2) is 7.46. The van der Waals surface area contributed by atoms with Gasteiger partial charge < -0.3 is 10.1 Å². The largest absolute Gasteiger partial charge is 0.444 e. The van der Waals surface area contributed by atoms with Gasteiger partial charge >= 0.3 is 6.09 Å². The van der Waals surface area contributed by atoms with Crippen LogP contribution < -0.4 is 10.6 Å². The van der Waals surface area contributed by atoms with Crippen molar-refractivity contribution in [1.29, 1.82) is 0 Å². The Hall–Kier alpha value is -1.55. The first kappa shape index (κ1) is 17.5. The molecule has 1 atom stereocenters. The molecule has 0 aliphatic rings. The maximum absolute atomic E-state index is 11.7. The monoisotopic (exact) mass is 292 g/mol. The zero-order valence-electron chi connectivity index (χ0n) is 14.0. The summed E-state index contributed by atoms with van der Waals surface area (Å²) in [5.74, 6) is 0.626. The molecule has 0 heterocycles. The van der Waals surface area contributed by atoms with Gasteiger partial charge in [-0.3, -0.25) is 5.32 Å². The maximum Gasteiger partial charge on any atom is 0.412 e. The molecule has 0 radical (unpaired) electrons. The molecular weight excluding hydrogens is 264 g/mol. The number of benzene rings is 1. The van der Waals surface area contributed by atoms with Gasteiger partial charge in [-0.25, -0.2) is 4.79 Å². The fourth-order valence-corrected chi connectivity index (χ4v) is 1.81. The number of rotatable bonds is 5. The molecular formula is C17H28N2O2. The third kappa shape index (κ3) is 7.14. The van der Waals surface area contributed by atoms with Crippen LogP contribution in [0.4, 0.5) is 10.5 Å². The highest BCUT2D eigenvalue weighted by atomic mass is 16.6. The molecule has 0 saturated carbocycles. The molecule has 4 heteroatoms. The lowest BCUT2D eigenvalue weighted by atomic mass is 10.1. The van der Waals surface area contributed by atoms with Crippen LogP contribution >= 0.6 is 0 Å². The normalized spacial score (nSPS) is 13.1. The van der Waals surface area contributed by atoms with E-state index in [0.717, 1.165) is 12.2 Å². The van der Waals surface area contributed by atoms with Gasteiger partial charge in [0.25, 0.3) is 0 Å². The van der Waals surface area contributed by atoms with Gasteiger partial charge in [0.2, 0.25) is 0 Å². The van der Waals surface area contributed by atoms with Crippen molar-refractivity contribution < 1.29 is 9.53 Å². The van der Waals surface area contributed by atoms with Gasteiger partial charge in [-0.05, 0) is 57.9 Å². The van der Waals surface area contributed by atoms with Crippen molar-refractivity contribution >= 4 is 11.8 Å². The van der Waals surface area contributed by atoms with Gasteiger partial charge in [0.1, 0.15) is 5.60 Å². The van der Waals surface area contributed by atoms with E-state index in [2.05, 4.69) is 31.4 Å². The van der Waals surface area contributed by atoms with Crippen LogP contribution in [0.15, 0.2) is 24.3 Å². The van der Waals surface area contributed by atoms with E-state index in [1.165, 1.54) is 5.56 Å². The zero-order valence-corrected chi connectivity index (χ0v) is 14.0. The fraction of sp³-hybridized carbons (Fsp3) is 0.588. The molecule has 0 saturated heterocycles. The number of ether oxygens (including phenoxy) is 1. The molecule has 118 valence electrons. The average molecular weight is 292 g/mol. The number of anilines is 1. The number of hydrogen-bond acceptors (Lipinski definition) is 3. The minimum absolute atomic E-state index is 0.294. The Morgan fingerprint density at radius 1 is 1.14 bits per heavy atom. The minimum atomic E-state index is -0.487. The summed E-state index contributed by atoms with van der Waals surface area (Å²) in [5.41, 5.74) is 1.45. The Bertz CT molecular complexity index is 447. The van der Waals surface area contributed by atoms with Crippen LogP contribution in [0.5, 0.6) is 0 Å². The lowest BCUT2D eigenvalue weighted by Gasteiger charge is -2.20. The van der Waals surface area contributed by atoms with Crippen LogP contribution in [-0.4, -0.2) is 18.2 Å². The highest BCUT2D eigenvalue weighted by Crippen LogP contribution is 2.17. The van der Waals surface area contributed by atoms with E-state index in [9.17, 15) is 4.79 Å². The molecule has 1 amide bonds. The molecule has 0 spiro atoms. The Morgan fingerprint density at radius 3 is 2.19 bits per heavy atom. The number of amides is 1. The lowest BCUT2D eigenvalue weighted by molar-refractivity contribution is 0.0636. The fourth-order valence-electron chi connectivity index (χ4n) is 1.81. The molecule has 0 aliphatic carbocycles. The molecule has 0 aromatic heterocycles. The van der Waals surface area contributed by atoms with E-state index in [1.807, 2.05) is 45.0 Å². The Labute approximate surface area is 128 Å². The summed E-state index contributed by atoms with van der Waals surface area (Å²) < 4.78 is 5.22. The Kier molecular flexibility index (Phi) is 6.21. The quantitative estimate of drug-likeness (QED) is 0.848. The smallest absolute Gasteiger partial charge is 0.412 e. The lowest BCUT2D eigenvalue weighted by Crippen LogP contribution is -2.27. The third-order valence-corrected chi connectivity index (χ3v) is 2.89. The number of carbonyl (C=O) groups is 1.